The molecule has 2 heterocycles. The Morgan fingerprint density at radius 1 is 1.10 bits per heavy atom. The van der Waals surface area contributed by atoms with Gasteiger partial charge in [0.25, 0.3) is 0 Å². The van der Waals surface area contributed by atoms with Gasteiger partial charge in [0.15, 0.2) is 0 Å². The number of benzene rings is 2. The number of aromatic nitrogens is 2. The average Bonchev–Trinajstić information content (AvgIpc) is 3.25. The van der Waals surface area contributed by atoms with Crippen molar-refractivity contribution in [2.24, 2.45) is 0 Å². The summed E-state index contributed by atoms with van der Waals surface area (Å²) in [5.74, 6) is 3.58. The lowest BCUT2D eigenvalue weighted by Crippen LogP contribution is -2.18. The summed E-state index contributed by atoms with van der Waals surface area (Å²) in [4.78, 5) is 11.4. The molecular weight excluding hydrogens is 392 g/mol. The van der Waals surface area contributed by atoms with Crippen molar-refractivity contribution in [3.05, 3.63) is 70.9 Å². The highest BCUT2D eigenvalue weighted by Crippen LogP contribution is 2.27. The predicted octanol–water partition coefficient (Wildman–Crippen LogP) is 4.96. The van der Waals surface area contributed by atoms with E-state index in [1.807, 2.05) is 30.0 Å². The van der Waals surface area contributed by atoms with Crippen molar-refractivity contribution in [2.75, 3.05) is 28.8 Å². The molecule has 0 spiro atoms. The zero-order valence-corrected chi connectivity index (χ0v) is 18.0. The van der Waals surface area contributed by atoms with Crippen LogP contribution in [0.5, 0.6) is 0 Å². The topological polar surface area (TPSA) is 76.9 Å². The Hall–Kier alpha value is -3.08. The molecule has 1 saturated heterocycles. The van der Waals surface area contributed by atoms with E-state index in [0.29, 0.717) is 11.5 Å². The number of nitrogens with zero attached hydrogens (tertiary/aromatic N) is 4. The fourth-order valence-corrected chi connectivity index (χ4v) is 4.55. The highest BCUT2D eigenvalue weighted by atomic mass is 32.2. The average molecular weight is 417 g/mol. The summed E-state index contributed by atoms with van der Waals surface area (Å²) >= 11 is 2.00. The fourth-order valence-electron chi connectivity index (χ4n) is 3.55. The first-order valence-corrected chi connectivity index (χ1v) is 11.0. The molecule has 1 fully saturated rings. The molecule has 30 heavy (non-hydrogen) atoms. The van der Waals surface area contributed by atoms with Crippen LogP contribution in [-0.2, 0) is 6.54 Å². The van der Waals surface area contributed by atoms with E-state index in [4.69, 9.17) is 5.26 Å². The van der Waals surface area contributed by atoms with Crippen LogP contribution in [0.3, 0.4) is 0 Å². The molecule has 2 N–H and O–H groups in total. The van der Waals surface area contributed by atoms with Gasteiger partial charge in [0.1, 0.15) is 5.82 Å². The second-order valence-electron chi connectivity index (χ2n) is 7.40. The van der Waals surface area contributed by atoms with Crippen molar-refractivity contribution in [1.82, 2.24) is 14.9 Å². The van der Waals surface area contributed by atoms with E-state index in [-0.39, 0.29) is 0 Å². The molecule has 6 nitrogen and oxygen atoms in total. The molecule has 1 aliphatic heterocycles. The first-order valence-electron chi connectivity index (χ1n) is 9.88. The quantitative estimate of drug-likeness (QED) is 0.588. The van der Waals surface area contributed by atoms with Crippen molar-refractivity contribution in [2.45, 2.75) is 20.4 Å². The van der Waals surface area contributed by atoms with Crippen molar-refractivity contribution in [3.8, 4) is 6.07 Å². The lowest BCUT2D eigenvalue weighted by atomic mass is 10.0. The third kappa shape index (κ3) is 4.90. The van der Waals surface area contributed by atoms with Crippen LogP contribution in [0.1, 0.15) is 22.3 Å². The Morgan fingerprint density at radius 3 is 2.53 bits per heavy atom. The Labute approximate surface area is 181 Å². The van der Waals surface area contributed by atoms with E-state index in [0.717, 1.165) is 29.6 Å². The molecule has 7 heteroatoms. The molecule has 4 rings (SSSR count). The van der Waals surface area contributed by atoms with Crippen LogP contribution in [0.25, 0.3) is 0 Å². The SMILES string of the molecule is Cc1cc(CN2CCSC2)cc(C)c1Nc1ccnc(Nc2ccc(C#N)cc2)n1. The van der Waals surface area contributed by atoms with Crippen LogP contribution in [0, 0.1) is 25.2 Å². The summed E-state index contributed by atoms with van der Waals surface area (Å²) in [6.45, 7) is 6.43. The maximum Gasteiger partial charge on any atom is 0.229 e. The third-order valence-corrected chi connectivity index (χ3v) is 6.02. The lowest BCUT2D eigenvalue weighted by molar-refractivity contribution is 0.349. The molecule has 0 atom stereocenters. The molecule has 152 valence electrons. The fraction of sp³-hybridized carbons (Fsp3) is 0.261. The van der Waals surface area contributed by atoms with Gasteiger partial charge in [-0.25, -0.2) is 4.98 Å². The first-order chi connectivity index (χ1) is 14.6. The summed E-state index contributed by atoms with van der Waals surface area (Å²) in [5, 5.41) is 15.6. The second-order valence-corrected chi connectivity index (χ2v) is 8.47. The van der Waals surface area contributed by atoms with Crippen molar-refractivity contribution in [1.29, 1.82) is 5.26 Å². The minimum Gasteiger partial charge on any atom is -0.340 e. The first kappa shape index (κ1) is 20.2. The number of thioether (sulfide) groups is 1. The molecule has 0 radical (unpaired) electrons. The monoisotopic (exact) mass is 416 g/mol. The second kappa shape index (κ2) is 9.16. The largest absolute Gasteiger partial charge is 0.340 e. The Bertz CT molecular complexity index is 1040. The lowest BCUT2D eigenvalue weighted by Gasteiger charge is -2.18. The number of anilines is 4. The summed E-state index contributed by atoms with van der Waals surface area (Å²) in [7, 11) is 0. The molecule has 1 aliphatic rings. The van der Waals surface area contributed by atoms with Gasteiger partial charge in [-0.3, -0.25) is 4.90 Å². The van der Waals surface area contributed by atoms with Gasteiger partial charge in [-0.2, -0.15) is 10.2 Å². The maximum absolute atomic E-state index is 8.92. The van der Waals surface area contributed by atoms with Crippen LogP contribution in [-0.4, -0.2) is 33.0 Å². The number of aryl methyl sites for hydroxylation is 2. The highest BCUT2D eigenvalue weighted by Gasteiger charge is 2.14. The van der Waals surface area contributed by atoms with Gasteiger partial charge in [-0.05, 0) is 60.9 Å². The molecule has 0 saturated carbocycles. The van der Waals surface area contributed by atoms with Crippen LogP contribution in [0.15, 0.2) is 48.7 Å². The predicted molar refractivity (Wildman–Crippen MR) is 123 cm³/mol. The number of rotatable bonds is 6. The number of nitriles is 1. The van der Waals surface area contributed by atoms with Crippen LogP contribution in [0.4, 0.5) is 23.1 Å². The van der Waals surface area contributed by atoms with Gasteiger partial charge in [0.05, 0.1) is 11.6 Å². The van der Waals surface area contributed by atoms with Crippen molar-refractivity contribution in [3.63, 3.8) is 0 Å². The van der Waals surface area contributed by atoms with E-state index >= 15 is 0 Å². The molecule has 0 amide bonds. The minimum atomic E-state index is 0.503. The molecule has 0 aliphatic carbocycles. The summed E-state index contributed by atoms with van der Waals surface area (Å²) in [5.41, 5.74) is 6.30. The van der Waals surface area contributed by atoms with E-state index in [9.17, 15) is 0 Å². The summed E-state index contributed by atoms with van der Waals surface area (Å²) in [6, 6.07) is 15.7. The summed E-state index contributed by atoms with van der Waals surface area (Å²) in [6.07, 6.45) is 1.73. The third-order valence-electron chi connectivity index (χ3n) is 5.00. The van der Waals surface area contributed by atoms with Gasteiger partial charge in [0.2, 0.25) is 5.95 Å². The number of hydrogen-bond acceptors (Lipinski definition) is 7. The van der Waals surface area contributed by atoms with Crippen LogP contribution in [0.2, 0.25) is 0 Å². The highest BCUT2D eigenvalue weighted by molar-refractivity contribution is 7.99. The smallest absolute Gasteiger partial charge is 0.229 e. The van der Waals surface area contributed by atoms with Gasteiger partial charge >= 0.3 is 0 Å². The van der Waals surface area contributed by atoms with Crippen LogP contribution < -0.4 is 10.6 Å². The van der Waals surface area contributed by atoms with Gasteiger partial charge in [-0.1, -0.05) is 12.1 Å². The molecule has 0 unspecified atom stereocenters. The van der Waals surface area contributed by atoms with Crippen molar-refractivity contribution >= 4 is 34.9 Å². The van der Waals surface area contributed by atoms with E-state index in [2.05, 4.69) is 57.6 Å². The Morgan fingerprint density at radius 2 is 1.87 bits per heavy atom. The molecule has 3 aromatic rings. The zero-order chi connectivity index (χ0) is 20.9. The van der Waals surface area contributed by atoms with E-state index in [1.54, 1.807) is 18.3 Å². The van der Waals surface area contributed by atoms with Gasteiger partial charge in [0, 0.05) is 42.3 Å². The maximum atomic E-state index is 8.92. The van der Waals surface area contributed by atoms with Crippen molar-refractivity contribution < 1.29 is 0 Å². The molecular formula is C23H24N6S. The summed E-state index contributed by atoms with van der Waals surface area (Å²) < 4.78 is 0. The van der Waals surface area contributed by atoms with Gasteiger partial charge in [-0.15, -0.1) is 11.8 Å². The minimum absolute atomic E-state index is 0.503. The number of hydrogen-bond donors (Lipinski definition) is 2. The Kier molecular flexibility index (Phi) is 6.17. The molecule has 1 aromatic heterocycles. The van der Waals surface area contributed by atoms with Gasteiger partial charge < -0.3 is 10.6 Å². The number of nitrogens with one attached hydrogen (secondary N) is 2. The van der Waals surface area contributed by atoms with E-state index in [1.165, 1.54) is 29.0 Å². The van der Waals surface area contributed by atoms with E-state index < -0.39 is 0 Å². The molecule has 2 aromatic carbocycles. The Balaban J connectivity index is 1.48. The standard InChI is InChI=1S/C23H24N6S/c1-16-11-19(14-29-9-10-30-15-29)12-17(2)22(16)27-21-7-8-25-23(28-21)26-20-5-3-18(13-24)4-6-20/h3-8,11-12H,9-10,14-15H2,1-2H3,(H2,25,26,27,28). The molecule has 0 bridgehead atoms. The zero-order valence-electron chi connectivity index (χ0n) is 17.1. The van der Waals surface area contributed by atoms with Crippen LogP contribution >= 0.6 is 11.8 Å². The normalized spacial score (nSPS) is 13.8.